The highest BCUT2D eigenvalue weighted by Crippen LogP contribution is 2.18. The van der Waals surface area contributed by atoms with Crippen LogP contribution in [0.25, 0.3) is 0 Å². The molecule has 0 saturated carbocycles. The third-order valence-electron chi connectivity index (χ3n) is 4.64. The smallest absolute Gasteiger partial charge is 0.236 e. The molecule has 2 aromatic rings. The number of carbonyl (C=O) groups excluding carboxylic acids is 1. The third-order valence-corrected chi connectivity index (χ3v) is 4.89. The van der Waals surface area contributed by atoms with Gasteiger partial charge in [0, 0.05) is 36.7 Å². The van der Waals surface area contributed by atoms with Gasteiger partial charge in [0.05, 0.1) is 6.54 Å². The summed E-state index contributed by atoms with van der Waals surface area (Å²) < 4.78 is 12.9. The van der Waals surface area contributed by atoms with Crippen LogP contribution in [-0.2, 0) is 11.3 Å². The van der Waals surface area contributed by atoms with Gasteiger partial charge in [-0.3, -0.25) is 9.69 Å². The molecule has 2 atom stereocenters. The van der Waals surface area contributed by atoms with Crippen LogP contribution in [0.15, 0.2) is 54.6 Å². The van der Waals surface area contributed by atoms with E-state index in [1.807, 2.05) is 54.3 Å². The summed E-state index contributed by atoms with van der Waals surface area (Å²) in [4.78, 5) is 15.9. The van der Waals surface area contributed by atoms with Gasteiger partial charge in [-0.15, -0.1) is 0 Å². The van der Waals surface area contributed by atoms with Crippen molar-refractivity contribution in [3.63, 3.8) is 0 Å². The number of piperazine rings is 1. The van der Waals surface area contributed by atoms with Crippen molar-refractivity contribution in [3.05, 3.63) is 71.0 Å². The number of carbonyl (C=O) groups is 1. The van der Waals surface area contributed by atoms with Gasteiger partial charge in [0.15, 0.2) is 0 Å². The Morgan fingerprint density at radius 2 is 1.70 bits per heavy atom. The minimum absolute atomic E-state index is 0.00535. The normalized spacial score (nSPS) is 20.0. The van der Waals surface area contributed by atoms with E-state index in [1.54, 1.807) is 0 Å². The van der Waals surface area contributed by atoms with Crippen molar-refractivity contribution < 1.29 is 9.18 Å². The van der Waals surface area contributed by atoms with Crippen LogP contribution < -0.4 is 5.73 Å². The molecule has 6 heteroatoms. The van der Waals surface area contributed by atoms with Crippen LogP contribution in [0.4, 0.5) is 4.39 Å². The molecule has 0 radical (unpaired) electrons. The average molecular weight is 392 g/mol. The standard InChI is InChI=1S/C15H22FN3O.C6H5Cl/c1-11-9-19(15(20)7-17)12(2)8-18(11)10-13-3-5-14(16)6-4-13;7-6-4-2-1-3-5-6/h3-6,11-12H,7-10,17H2,1-2H3;1-5H. The van der Waals surface area contributed by atoms with Crippen molar-refractivity contribution in [1.29, 1.82) is 0 Å². The van der Waals surface area contributed by atoms with Gasteiger partial charge in [-0.05, 0) is 43.7 Å². The van der Waals surface area contributed by atoms with Gasteiger partial charge in [0.25, 0.3) is 0 Å². The Morgan fingerprint density at radius 3 is 2.22 bits per heavy atom. The number of amides is 1. The van der Waals surface area contributed by atoms with Gasteiger partial charge in [0.1, 0.15) is 5.82 Å². The van der Waals surface area contributed by atoms with Gasteiger partial charge in [-0.1, -0.05) is 41.9 Å². The quantitative estimate of drug-likeness (QED) is 0.870. The Labute approximate surface area is 165 Å². The first kappa shape index (κ1) is 21.4. The second-order valence-corrected chi connectivity index (χ2v) is 7.24. The molecule has 146 valence electrons. The molecule has 1 aliphatic rings. The maximum absolute atomic E-state index is 12.9. The van der Waals surface area contributed by atoms with E-state index in [0.717, 1.165) is 23.7 Å². The van der Waals surface area contributed by atoms with E-state index in [0.29, 0.717) is 6.54 Å². The average Bonchev–Trinajstić information content (AvgIpc) is 2.66. The summed E-state index contributed by atoms with van der Waals surface area (Å²) in [5.41, 5.74) is 6.53. The maximum Gasteiger partial charge on any atom is 0.236 e. The molecular formula is C21H27ClFN3O. The molecule has 0 spiro atoms. The van der Waals surface area contributed by atoms with Crippen LogP contribution in [0, 0.1) is 5.82 Å². The molecule has 0 aromatic heterocycles. The number of nitrogens with zero attached hydrogens (tertiary/aromatic N) is 2. The fraction of sp³-hybridized carbons (Fsp3) is 0.381. The number of nitrogens with two attached hydrogens (primary N) is 1. The summed E-state index contributed by atoms with van der Waals surface area (Å²) in [5, 5.41) is 0.794. The van der Waals surface area contributed by atoms with E-state index in [9.17, 15) is 9.18 Å². The summed E-state index contributed by atoms with van der Waals surface area (Å²) in [5.74, 6) is -0.209. The first-order valence-corrected chi connectivity index (χ1v) is 9.47. The zero-order chi connectivity index (χ0) is 19.8. The maximum atomic E-state index is 12.9. The molecule has 3 rings (SSSR count). The molecule has 27 heavy (non-hydrogen) atoms. The molecule has 2 aromatic carbocycles. The van der Waals surface area contributed by atoms with Crippen LogP contribution in [0.1, 0.15) is 19.4 Å². The van der Waals surface area contributed by atoms with Crippen molar-refractivity contribution in [2.45, 2.75) is 32.5 Å². The van der Waals surface area contributed by atoms with E-state index in [1.165, 1.54) is 12.1 Å². The predicted molar refractivity (Wildman–Crippen MR) is 108 cm³/mol. The van der Waals surface area contributed by atoms with Crippen LogP contribution in [-0.4, -0.2) is 47.4 Å². The van der Waals surface area contributed by atoms with Crippen molar-refractivity contribution in [1.82, 2.24) is 9.80 Å². The monoisotopic (exact) mass is 391 g/mol. The van der Waals surface area contributed by atoms with E-state index in [2.05, 4.69) is 11.8 Å². The van der Waals surface area contributed by atoms with Crippen LogP contribution in [0.3, 0.4) is 0 Å². The highest BCUT2D eigenvalue weighted by atomic mass is 35.5. The highest BCUT2D eigenvalue weighted by molar-refractivity contribution is 6.30. The Balaban J connectivity index is 0.000000313. The molecule has 0 bridgehead atoms. The molecule has 1 amide bonds. The Bertz CT molecular complexity index is 711. The molecule has 1 fully saturated rings. The molecule has 4 nitrogen and oxygen atoms in total. The van der Waals surface area contributed by atoms with Gasteiger partial charge >= 0.3 is 0 Å². The SMILES string of the molecule is CC1CN(C(=O)CN)C(C)CN1Cc1ccc(F)cc1.Clc1ccccc1. The lowest BCUT2D eigenvalue weighted by molar-refractivity contribution is -0.135. The van der Waals surface area contributed by atoms with Crippen LogP contribution in [0.5, 0.6) is 0 Å². The number of benzene rings is 2. The Kier molecular flexibility index (Phi) is 8.23. The second-order valence-electron chi connectivity index (χ2n) is 6.80. The second kappa shape index (κ2) is 10.4. The predicted octanol–water partition coefficient (Wildman–Crippen LogP) is 3.55. The molecule has 1 aliphatic heterocycles. The molecule has 2 unspecified atom stereocenters. The van der Waals surface area contributed by atoms with Gasteiger partial charge in [0.2, 0.25) is 5.91 Å². The summed E-state index contributed by atoms with van der Waals surface area (Å²) in [6.07, 6.45) is 0. The van der Waals surface area contributed by atoms with Crippen LogP contribution >= 0.6 is 11.6 Å². The summed E-state index contributed by atoms with van der Waals surface area (Å²) in [6.45, 7) is 6.48. The lowest BCUT2D eigenvalue weighted by Gasteiger charge is -2.44. The number of rotatable bonds is 3. The molecular weight excluding hydrogens is 365 g/mol. The number of halogens is 2. The highest BCUT2D eigenvalue weighted by Gasteiger charge is 2.31. The van der Waals surface area contributed by atoms with E-state index in [4.69, 9.17) is 17.3 Å². The van der Waals surface area contributed by atoms with Gasteiger partial charge < -0.3 is 10.6 Å². The first-order valence-electron chi connectivity index (χ1n) is 9.09. The van der Waals surface area contributed by atoms with Crippen molar-refractivity contribution >= 4 is 17.5 Å². The largest absolute Gasteiger partial charge is 0.336 e. The fourth-order valence-corrected chi connectivity index (χ4v) is 3.27. The van der Waals surface area contributed by atoms with E-state index < -0.39 is 0 Å². The zero-order valence-electron chi connectivity index (χ0n) is 15.8. The Hall–Kier alpha value is -1.95. The van der Waals surface area contributed by atoms with Crippen molar-refractivity contribution in [2.24, 2.45) is 5.73 Å². The third kappa shape index (κ3) is 6.61. The molecule has 1 heterocycles. The zero-order valence-corrected chi connectivity index (χ0v) is 16.6. The Morgan fingerprint density at radius 1 is 1.07 bits per heavy atom. The van der Waals surface area contributed by atoms with E-state index in [-0.39, 0.29) is 30.4 Å². The van der Waals surface area contributed by atoms with Crippen LogP contribution in [0.2, 0.25) is 5.02 Å². The van der Waals surface area contributed by atoms with Crippen molar-refractivity contribution in [2.75, 3.05) is 19.6 Å². The molecule has 2 N–H and O–H groups in total. The topological polar surface area (TPSA) is 49.6 Å². The molecule has 0 aliphatic carbocycles. The summed E-state index contributed by atoms with van der Waals surface area (Å²) >= 11 is 5.54. The van der Waals surface area contributed by atoms with Crippen molar-refractivity contribution in [3.8, 4) is 0 Å². The number of hydrogen-bond acceptors (Lipinski definition) is 3. The fourth-order valence-electron chi connectivity index (χ4n) is 3.12. The number of hydrogen-bond donors (Lipinski definition) is 1. The lowest BCUT2D eigenvalue weighted by Crippen LogP contribution is -2.58. The summed E-state index contributed by atoms with van der Waals surface area (Å²) in [7, 11) is 0. The summed E-state index contributed by atoms with van der Waals surface area (Å²) in [6, 6.07) is 16.5. The minimum atomic E-state index is -0.214. The van der Waals surface area contributed by atoms with Gasteiger partial charge in [-0.25, -0.2) is 4.39 Å². The van der Waals surface area contributed by atoms with E-state index >= 15 is 0 Å². The molecule has 1 saturated heterocycles. The first-order chi connectivity index (χ1) is 12.9. The van der Waals surface area contributed by atoms with Gasteiger partial charge in [-0.2, -0.15) is 0 Å². The minimum Gasteiger partial charge on any atom is -0.336 e. The lowest BCUT2D eigenvalue weighted by atomic mass is 10.1.